The number of amides is 1. The van der Waals surface area contributed by atoms with Gasteiger partial charge in [-0.2, -0.15) is 0 Å². The Morgan fingerprint density at radius 3 is 2.19 bits per heavy atom. The molecule has 0 aromatic heterocycles. The van der Waals surface area contributed by atoms with Gasteiger partial charge in [0.25, 0.3) is 11.6 Å². The molecule has 1 aliphatic heterocycles. The Hall–Kier alpha value is -4.00. The number of nitrogens with zero attached hydrogens (tertiary/aromatic N) is 3. The number of fused-ring (bicyclic) bond motifs is 3. The number of nitro benzene ring substituents is 1. The van der Waals surface area contributed by atoms with E-state index in [-0.39, 0.29) is 22.3 Å². The van der Waals surface area contributed by atoms with Crippen LogP contribution in [-0.4, -0.2) is 47.7 Å². The smallest absolute Gasteiger partial charge is 0.292 e. The maximum Gasteiger partial charge on any atom is 0.292 e. The highest BCUT2D eigenvalue weighted by molar-refractivity contribution is 6.22. The van der Waals surface area contributed by atoms with Gasteiger partial charge in [-0.1, -0.05) is 42.5 Å². The summed E-state index contributed by atoms with van der Waals surface area (Å²) in [7, 11) is 0. The number of piperazine rings is 1. The Labute approximate surface area is 178 Å². The molecule has 3 aromatic carbocycles. The summed E-state index contributed by atoms with van der Waals surface area (Å²) in [6.07, 6.45) is 0. The molecule has 1 saturated heterocycles. The molecule has 0 atom stereocenters. The predicted octanol–water partition coefficient (Wildman–Crippen LogP) is 3.77. The molecule has 31 heavy (non-hydrogen) atoms. The van der Waals surface area contributed by atoms with Gasteiger partial charge < -0.3 is 9.80 Å². The van der Waals surface area contributed by atoms with Gasteiger partial charge in [0, 0.05) is 48.9 Å². The number of carbonyl (C=O) groups excluding carboxylic acids is 2. The number of anilines is 1. The number of ketones is 1. The number of para-hydroxylation sites is 2. The number of rotatable bonds is 3. The molecule has 7 heteroatoms. The standard InChI is InChI=1S/C24H19N3O4/c28-23-19-6-2-1-5-17(19)18-10-9-16(15-20(18)23)24(29)26-13-11-25(12-14-26)21-7-3-4-8-22(21)27(30)31/h1-10,15H,11-14H2. The summed E-state index contributed by atoms with van der Waals surface area (Å²) < 4.78 is 0. The quantitative estimate of drug-likeness (QED) is 0.377. The third-order valence-corrected chi connectivity index (χ3v) is 5.96. The highest BCUT2D eigenvalue weighted by atomic mass is 16.6. The number of benzene rings is 3. The van der Waals surface area contributed by atoms with Crippen molar-refractivity contribution in [3.05, 3.63) is 93.5 Å². The molecule has 154 valence electrons. The Bertz CT molecular complexity index is 1230. The van der Waals surface area contributed by atoms with Gasteiger partial charge >= 0.3 is 0 Å². The van der Waals surface area contributed by atoms with Gasteiger partial charge in [-0.15, -0.1) is 0 Å². The fourth-order valence-corrected chi connectivity index (χ4v) is 4.38. The van der Waals surface area contributed by atoms with E-state index in [9.17, 15) is 19.7 Å². The van der Waals surface area contributed by atoms with Crippen molar-refractivity contribution in [2.75, 3.05) is 31.1 Å². The van der Waals surface area contributed by atoms with Gasteiger partial charge in [0.15, 0.2) is 5.78 Å². The fourth-order valence-electron chi connectivity index (χ4n) is 4.38. The highest BCUT2D eigenvalue weighted by Crippen LogP contribution is 2.37. The van der Waals surface area contributed by atoms with Crippen LogP contribution < -0.4 is 4.90 Å². The summed E-state index contributed by atoms with van der Waals surface area (Å²) >= 11 is 0. The third-order valence-electron chi connectivity index (χ3n) is 5.96. The van der Waals surface area contributed by atoms with E-state index in [0.29, 0.717) is 48.6 Å². The maximum absolute atomic E-state index is 13.1. The van der Waals surface area contributed by atoms with Crippen molar-refractivity contribution < 1.29 is 14.5 Å². The van der Waals surface area contributed by atoms with Gasteiger partial charge in [-0.3, -0.25) is 19.7 Å². The fraction of sp³-hybridized carbons (Fsp3) is 0.167. The van der Waals surface area contributed by atoms with Crippen LogP contribution in [0.25, 0.3) is 11.1 Å². The predicted molar refractivity (Wildman–Crippen MR) is 117 cm³/mol. The minimum absolute atomic E-state index is 0.0542. The van der Waals surface area contributed by atoms with Crippen molar-refractivity contribution in [3.63, 3.8) is 0 Å². The third kappa shape index (κ3) is 3.15. The van der Waals surface area contributed by atoms with Crippen molar-refractivity contribution in [3.8, 4) is 11.1 Å². The lowest BCUT2D eigenvalue weighted by molar-refractivity contribution is -0.384. The molecule has 3 aromatic rings. The van der Waals surface area contributed by atoms with Crippen LogP contribution in [0.1, 0.15) is 26.3 Å². The molecule has 0 bridgehead atoms. The highest BCUT2D eigenvalue weighted by Gasteiger charge is 2.29. The Kier molecular flexibility index (Phi) is 4.51. The van der Waals surface area contributed by atoms with E-state index < -0.39 is 0 Å². The van der Waals surface area contributed by atoms with E-state index in [2.05, 4.69) is 0 Å². The number of nitro groups is 1. The largest absolute Gasteiger partial charge is 0.362 e. The van der Waals surface area contributed by atoms with E-state index in [1.165, 1.54) is 6.07 Å². The van der Waals surface area contributed by atoms with Gasteiger partial charge in [0.1, 0.15) is 5.69 Å². The first kappa shape index (κ1) is 19.0. The second-order valence-electron chi connectivity index (χ2n) is 7.66. The summed E-state index contributed by atoms with van der Waals surface area (Å²) in [5.41, 5.74) is 4.11. The van der Waals surface area contributed by atoms with E-state index in [1.807, 2.05) is 29.2 Å². The van der Waals surface area contributed by atoms with Crippen LogP contribution in [0.15, 0.2) is 66.7 Å². The minimum atomic E-state index is -0.383. The van der Waals surface area contributed by atoms with Crippen LogP contribution in [-0.2, 0) is 0 Å². The molecule has 0 N–H and O–H groups in total. The summed E-state index contributed by atoms with van der Waals surface area (Å²) in [5, 5.41) is 11.3. The van der Waals surface area contributed by atoms with E-state index in [4.69, 9.17) is 0 Å². The first-order chi connectivity index (χ1) is 15.0. The molecular weight excluding hydrogens is 394 g/mol. The number of carbonyl (C=O) groups is 2. The van der Waals surface area contributed by atoms with Gasteiger partial charge in [0.05, 0.1) is 4.92 Å². The van der Waals surface area contributed by atoms with Crippen molar-refractivity contribution >= 4 is 23.1 Å². The monoisotopic (exact) mass is 413 g/mol. The molecule has 0 saturated carbocycles. The Morgan fingerprint density at radius 1 is 0.806 bits per heavy atom. The first-order valence-electron chi connectivity index (χ1n) is 10.1. The average molecular weight is 413 g/mol. The molecule has 1 amide bonds. The Morgan fingerprint density at radius 2 is 1.45 bits per heavy atom. The topological polar surface area (TPSA) is 83.8 Å². The zero-order chi connectivity index (χ0) is 21.5. The van der Waals surface area contributed by atoms with E-state index >= 15 is 0 Å². The molecule has 5 rings (SSSR count). The molecule has 0 spiro atoms. The van der Waals surface area contributed by atoms with E-state index in [1.54, 1.807) is 41.3 Å². The van der Waals surface area contributed by atoms with Crippen molar-refractivity contribution in [1.29, 1.82) is 0 Å². The van der Waals surface area contributed by atoms with Gasteiger partial charge in [0.2, 0.25) is 0 Å². The van der Waals surface area contributed by atoms with Crippen LogP contribution in [0.5, 0.6) is 0 Å². The summed E-state index contributed by atoms with van der Waals surface area (Å²) in [5.74, 6) is -0.185. The van der Waals surface area contributed by atoms with Crippen LogP contribution in [0.4, 0.5) is 11.4 Å². The number of hydrogen-bond acceptors (Lipinski definition) is 5. The SMILES string of the molecule is O=C1c2ccccc2-c2ccc(C(=O)N3CCN(c4ccccc4[N+](=O)[O-])CC3)cc21. The Balaban J connectivity index is 1.33. The second-order valence-corrected chi connectivity index (χ2v) is 7.66. The zero-order valence-corrected chi connectivity index (χ0v) is 16.7. The average Bonchev–Trinajstić information content (AvgIpc) is 3.10. The summed E-state index contributed by atoms with van der Waals surface area (Å²) in [4.78, 5) is 40.4. The maximum atomic E-state index is 13.1. The lowest BCUT2D eigenvalue weighted by Crippen LogP contribution is -2.49. The second kappa shape index (κ2) is 7.36. The summed E-state index contributed by atoms with van der Waals surface area (Å²) in [6.45, 7) is 1.92. The van der Waals surface area contributed by atoms with Crippen LogP contribution >= 0.6 is 0 Å². The van der Waals surface area contributed by atoms with Crippen molar-refractivity contribution in [2.45, 2.75) is 0 Å². The molecule has 0 radical (unpaired) electrons. The normalized spacial score (nSPS) is 14.9. The van der Waals surface area contributed by atoms with Crippen LogP contribution in [0.3, 0.4) is 0 Å². The van der Waals surface area contributed by atoms with Crippen LogP contribution in [0, 0.1) is 10.1 Å². The van der Waals surface area contributed by atoms with Crippen LogP contribution in [0.2, 0.25) is 0 Å². The first-order valence-corrected chi connectivity index (χ1v) is 10.1. The molecule has 1 aliphatic carbocycles. The lowest BCUT2D eigenvalue weighted by Gasteiger charge is -2.35. The zero-order valence-electron chi connectivity index (χ0n) is 16.7. The van der Waals surface area contributed by atoms with Gasteiger partial charge in [-0.25, -0.2) is 0 Å². The molecule has 2 aliphatic rings. The minimum Gasteiger partial charge on any atom is -0.362 e. The summed E-state index contributed by atoms with van der Waals surface area (Å²) in [6, 6.07) is 19.4. The lowest BCUT2D eigenvalue weighted by atomic mass is 10.0. The molecule has 1 heterocycles. The molecule has 1 fully saturated rings. The van der Waals surface area contributed by atoms with Gasteiger partial charge in [-0.05, 0) is 29.3 Å². The molecule has 0 unspecified atom stereocenters. The van der Waals surface area contributed by atoms with E-state index in [0.717, 1.165) is 11.1 Å². The van der Waals surface area contributed by atoms with Crippen molar-refractivity contribution in [2.24, 2.45) is 0 Å². The van der Waals surface area contributed by atoms with Crippen molar-refractivity contribution in [1.82, 2.24) is 4.90 Å². The molecular formula is C24H19N3O4. The number of hydrogen-bond donors (Lipinski definition) is 0. The molecule has 7 nitrogen and oxygen atoms in total.